The summed E-state index contributed by atoms with van der Waals surface area (Å²) >= 11 is 0. The Bertz CT molecular complexity index is 492. The number of benzene rings is 1. The zero-order chi connectivity index (χ0) is 12.8. The quantitative estimate of drug-likeness (QED) is 0.715. The molecule has 2 rings (SSSR count). The Hall–Kier alpha value is -2.04. The maximum absolute atomic E-state index is 12.4. The zero-order valence-corrected chi connectivity index (χ0v) is 9.52. The molecule has 1 heterocycles. The van der Waals surface area contributed by atoms with Crippen LogP contribution in [0.3, 0.4) is 0 Å². The van der Waals surface area contributed by atoms with Crippen molar-refractivity contribution in [2.45, 2.75) is 6.92 Å². The van der Waals surface area contributed by atoms with E-state index in [2.05, 4.69) is 5.10 Å². The predicted molar refractivity (Wildman–Crippen MR) is 59.7 cm³/mol. The Morgan fingerprint density at radius 1 is 1.29 bits per heavy atom. The molecule has 90 valence electrons. The number of halogens is 2. The van der Waals surface area contributed by atoms with E-state index >= 15 is 0 Å². The number of aldehydes is 1. The summed E-state index contributed by atoms with van der Waals surface area (Å²) in [6.07, 6.45) is 2.27. The summed E-state index contributed by atoms with van der Waals surface area (Å²) in [7, 11) is 1.91. The van der Waals surface area contributed by atoms with Gasteiger partial charge in [-0.15, -0.1) is 0 Å². The van der Waals surface area contributed by atoms with E-state index in [1.54, 1.807) is 4.68 Å². The lowest BCUT2D eigenvalue weighted by Gasteiger charge is -1.91. The number of rotatable bonds is 1. The van der Waals surface area contributed by atoms with E-state index in [1.807, 2.05) is 26.2 Å². The fourth-order valence-corrected chi connectivity index (χ4v) is 1.13. The van der Waals surface area contributed by atoms with Crippen molar-refractivity contribution < 1.29 is 13.6 Å². The van der Waals surface area contributed by atoms with E-state index < -0.39 is 11.6 Å². The van der Waals surface area contributed by atoms with Crippen LogP contribution in [0.4, 0.5) is 8.78 Å². The van der Waals surface area contributed by atoms with E-state index in [0.29, 0.717) is 12.4 Å². The first-order valence-corrected chi connectivity index (χ1v) is 4.89. The average Bonchev–Trinajstić information content (AvgIpc) is 2.63. The molecule has 0 atom stereocenters. The summed E-state index contributed by atoms with van der Waals surface area (Å²) < 4.78 is 26.3. The van der Waals surface area contributed by atoms with Gasteiger partial charge in [0.2, 0.25) is 0 Å². The number of carbonyl (C=O) groups excluding carboxylic acids is 1. The largest absolute Gasteiger partial charge is 0.298 e. The Kier molecular flexibility index (Phi) is 4.51. The molecule has 0 aliphatic rings. The first kappa shape index (κ1) is 13.0. The number of hydrogen-bond acceptors (Lipinski definition) is 2. The Morgan fingerprint density at radius 2 is 2.00 bits per heavy atom. The van der Waals surface area contributed by atoms with Crippen LogP contribution in [0.5, 0.6) is 0 Å². The minimum absolute atomic E-state index is 0.124. The van der Waals surface area contributed by atoms with Gasteiger partial charge in [0, 0.05) is 19.3 Å². The first-order chi connectivity index (χ1) is 8.02. The molecular weight excluding hydrogens is 226 g/mol. The molecule has 0 spiro atoms. The second-order valence-electron chi connectivity index (χ2n) is 3.41. The van der Waals surface area contributed by atoms with Gasteiger partial charge in [0.25, 0.3) is 0 Å². The number of carbonyl (C=O) groups is 1. The van der Waals surface area contributed by atoms with Crippen LogP contribution in [0.15, 0.2) is 30.5 Å². The van der Waals surface area contributed by atoms with Gasteiger partial charge in [0.05, 0.1) is 11.3 Å². The van der Waals surface area contributed by atoms with E-state index in [-0.39, 0.29) is 5.56 Å². The predicted octanol–water partition coefficient (Wildman–Crippen LogP) is 2.51. The average molecular weight is 238 g/mol. The van der Waals surface area contributed by atoms with Crippen LogP contribution < -0.4 is 0 Å². The molecule has 0 radical (unpaired) electrons. The standard InChI is InChI=1S/C7H4F2O.C5H8N2/c8-6-2-1-5(4-10)7(9)3-6;1-5-3-4-7(2)6-5/h1-4H;3-4H,1-2H3. The lowest BCUT2D eigenvalue weighted by molar-refractivity contribution is 0.111. The minimum atomic E-state index is -0.824. The highest BCUT2D eigenvalue weighted by atomic mass is 19.1. The second-order valence-corrected chi connectivity index (χ2v) is 3.41. The molecule has 0 fully saturated rings. The highest BCUT2D eigenvalue weighted by Crippen LogP contribution is 2.06. The van der Waals surface area contributed by atoms with Gasteiger partial charge in [-0.2, -0.15) is 5.10 Å². The third kappa shape index (κ3) is 4.14. The first-order valence-electron chi connectivity index (χ1n) is 4.89. The van der Waals surface area contributed by atoms with Gasteiger partial charge in [-0.1, -0.05) is 0 Å². The minimum Gasteiger partial charge on any atom is -0.298 e. The maximum Gasteiger partial charge on any atom is 0.152 e. The molecule has 17 heavy (non-hydrogen) atoms. The molecule has 2 aromatic rings. The summed E-state index contributed by atoms with van der Waals surface area (Å²) in [5.41, 5.74) is 0.948. The van der Waals surface area contributed by atoms with Crippen molar-refractivity contribution in [1.82, 2.24) is 9.78 Å². The van der Waals surface area contributed by atoms with Gasteiger partial charge < -0.3 is 0 Å². The summed E-state index contributed by atoms with van der Waals surface area (Å²) in [5, 5.41) is 4.03. The van der Waals surface area contributed by atoms with Crippen LogP contribution in [0, 0.1) is 18.6 Å². The topological polar surface area (TPSA) is 34.9 Å². The van der Waals surface area contributed by atoms with Crippen molar-refractivity contribution in [3.8, 4) is 0 Å². The Morgan fingerprint density at radius 3 is 2.35 bits per heavy atom. The monoisotopic (exact) mass is 238 g/mol. The number of nitrogens with zero attached hydrogens (tertiary/aromatic N) is 2. The summed E-state index contributed by atoms with van der Waals surface area (Å²) in [6.45, 7) is 1.97. The molecule has 0 unspecified atom stereocenters. The maximum atomic E-state index is 12.4. The van der Waals surface area contributed by atoms with Crippen molar-refractivity contribution in [3.05, 3.63) is 53.4 Å². The van der Waals surface area contributed by atoms with Gasteiger partial charge in [-0.25, -0.2) is 8.78 Å². The fraction of sp³-hybridized carbons (Fsp3) is 0.167. The smallest absolute Gasteiger partial charge is 0.152 e. The van der Waals surface area contributed by atoms with E-state index in [4.69, 9.17) is 0 Å². The van der Waals surface area contributed by atoms with Gasteiger partial charge in [-0.3, -0.25) is 9.48 Å². The molecule has 1 aromatic carbocycles. The van der Waals surface area contributed by atoms with Gasteiger partial charge >= 0.3 is 0 Å². The SMILES string of the molecule is Cc1ccn(C)n1.O=Cc1ccc(F)cc1F. The molecule has 1 aromatic heterocycles. The van der Waals surface area contributed by atoms with E-state index in [1.165, 1.54) is 0 Å². The van der Waals surface area contributed by atoms with E-state index in [9.17, 15) is 13.6 Å². The number of hydrogen-bond donors (Lipinski definition) is 0. The van der Waals surface area contributed by atoms with Crippen molar-refractivity contribution in [2.24, 2.45) is 7.05 Å². The molecule has 0 saturated carbocycles. The third-order valence-electron chi connectivity index (χ3n) is 1.94. The van der Waals surface area contributed by atoms with Crippen LogP contribution in [-0.4, -0.2) is 16.1 Å². The van der Waals surface area contributed by atoms with Gasteiger partial charge in [0.15, 0.2) is 6.29 Å². The van der Waals surface area contributed by atoms with Gasteiger partial charge in [0.1, 0.15) is 11.6 Å². The molecule has 5 heteroatoms. The van der Waals surface area contributed by atoms with Crippen LogP contribution in [0.25, 0.3) is 0 Å². The zero-order valence-electron chi connectivity index (χ0n) is 9.52. The normalized spacial score (nSPS) is 9.41. The van der Waals surface area contributed by atoms with Crippen LogP contribution in [0.1, 0.15) is 16.1 Å². The van der Waals surface area contributed by atoms with Gasteiger partial charge in [-0.05, 0) is 25.1 Å². The van der Waals surface area contributed by atoms with Crippen LogP contribution in [0.2, 0.25) is 0 Å². The molecule has 0 saturated heterocycles. The Balaban J connectivity index is 0.000000181. The molecule has 0 aliphatic carbocycles. The highest BCUT2D eigenvalue weighted by Gasteiger charge is 2.00. The van der Waals surface area contributed by atoms with Crippen molar-refractivity contribution in [3.63, 3.8) is 0 Å². The van der Waals surface area contributed by atoms with Crippen LogP contribution >= 0.6 is 0 Å². The van der Waals surface area contributed by atoms with Crippen molar-refractivity contribution >= 4 is 6.29 Å². The lowest BCUT2D eigenvalue weighted by Crippen LogP contribution is -1.87. The summed E-state index contributed by atoms with van der Waals surface area (Å²) in [4.78, 5) is 9.98. The molecule has 0 amide bonds. The summed E-state index contributed by atoms with van der Waals surface area (Å²) in [6, 6.07) is 4.77. The molecule has 0 bridgehead atoms. The highest BCUT2D eigenvalue weighted by molar-refractivity contribution is 5.74. The van der Waals surface area contributed by atoms with Crippen molar-refractivity contribution in [2.75, 3.05) is 0 Å². The van der Waals surface area contributed by atoms with Crippen LogP contribution in [-0.2, 0) is 7.05 Å². The fourth-order valence-electron chi connectivity index (χ4n) is 1.13. The third-order valence-corrected chi connectivity index (χ3v) is 1.94. The molecule has 3 nitrogen and oxygen atoms in total. The Labute approximate surface area is 97.7 Å². The lowest BCUT2D eigenvalue weighted by atomic mass is 10.2. The second kappa shape index (κ2) is 5.89. The molecule has 0 aliphatic heterocycles. The summed E-state index contributed by atoms with van der Waals surface area (Å²) in [5.74, 6) is -1.50. The van der Waals surface area contributed by atoms with E-state index in [0.717, 1.165) is 17.8 Å². The molecular formula is C12H12F2N2O. The molecule has 0 N–H and O–H groups in total. The number of aromatic nitrogens is 2. The van der Waals surface area contributed by atoms with Crippen molar-refractivity contribution in [1.29, 1.82) is 0 Å². The number of aryl methyl sites for hydroxylation is 2.